The van der Waals surface area contributed by atoms with Gasteiger partial charge in [0.1, 0.15) is 0 Å². The number of para-hydroxylation sites is 1. The molecule has 0 spiro atoms. The third-order valence-corrected chi connectivity index (χ3v) is 11.1. The molecule has 268 valence electrons. The molecule has 10 aromatic carbocycles. The highest BCUT2D eigenvalue weighted by molar-refractivity contribution is 6.03. The Morgan fingerprint density at radius 2 is 0.754 bits per heavy atom. The maximum absolute atomic E-state index is 2.46. The first-order chi connectivity index (χ1) is 28.3. The van der Waals surface area contributed by atoms with Gasteiger partial charge in [-0.15, -0.1) is 0 Å². The van der Waals surface area contributed by atoms with Crippen molar-refractivity contribution in [1.29, 1.82) is 0 Å². The summed E-state index contributed by atoms with van der Waals surface area (Å²) in [6, 6.07) is 85.8. The summed E-state index contributed by atoms with van der Waals surface area (Å²) in [4.78, 5) is 2.46. The standard InChI is InChI=1S/C56H39N/c1-3-17-40(18-4-1)47-35-36-49(42-20-5-2-6-21-42)54(39-47)52-29-12-11-28-51(52)53-30-13-14-31-56(53)57(55-32-16-24-43-22-9-10-27-50(43)55)48-26-15-25-45(38-48)46-34-33-41-19-7-8-23-44(41)37-46/h1-39H. The van der Waals surface area contributed by atoms with Crippen molar-refractivity contribution in [2.75, 3.05) is 4.90 Å². The van der Waals surface area contributed by atoms with E-state index in [1.54, 1.807) is 0 Å². The average Bonchev–Trinajstić information content (AvgIpc) is 3.30. The van der Waals surface area contributed by atoms with Crippen LogP contribution in [-0.4, -0.2) is 0 Å². The van der Waals surface area contributed by atoms with Crippen LogP contribution in [0.2, 0.25) is 0 Å². The summed E-state index contributed by atoms with van der Waals surface area (Å²) in [7, 11) is 0. The lowest BCUT2D eigenvalue weighted by atomic mass is 9.86. The molecular formula is C56H39N. The van der Waals surface area contributed by atoms with Crippen LogP contribution < -0.4 is 4.90 Å². The molecule has 57 heavy (non-hydrogen) atoms. The molecule has 0 saturated heterocycles. The predicted octanol–water partition coefficient (Wildman–Crippen LogP) is 15.8. The topological polar surface area (TPSA) is 3.24 Å². The summed E-state index contributed by atoms with van der Waals surface area (Å²) in [5.41, 5.74) is 15.2. The van der Waals surface area contributed by atoms with Gasteiger partial charge in [-0.3, -0.25) is 0 Å². The monoisotopic (exact) mass is 725 g/mol. The van der Waals surface area contributed by atoms with Crippen molar-refractivity contribution < 1.29 is 0 Å². The normalized spacial score (nSPS) is 11.2. The van der Waals surface area contributed by atoms with Crippen molar-refractivity contribution >= 4 is 38.6 Å². The molecule has 0 heterocycles. The van der Waals surface area contributed by atoms with Gasteiger partial charge in [0.25, 0.3) is 0 Å². The molecule has 0 radical (unpaired) electrons. The average molecular weight is 726 g/mol. The van der Waals surface area contributed by atoms with E-state index in [0.29, 0.717) is 0 Å². The van der Waals surface area contributed by atoms with E-state index in [1.807, 2.05) is 0 Å². The van der Waals surface area contributed by atoms with Gasteiger partial charge in [0.05, 0.1) is 11.4 Å². The number of nitrogens with zero attached hydrogens (tertiary/aromatic N) is 1. The van der Waals surface area contributed by atoms with Crippen LogP contribution in [0.15, 0.2) is 237 Å². The SMILES string of the molecule is c1ccc(-c2ccc(-c3ccccc3)c(-c3ccccc3-c3ccccc3N(c3cccc(-c4ccc5ccccc5c4)c3)c3cccc4ccccc34)c2)cc1. The van der Waals surface area contributed by atoms with Crippen LogP contribution in [0, 0.1) is 0 Å². The molecule has 0 saturated carbocycles. The summed E-state index contributed by atoms with van der Waals surface area (Å²) < 4.78 is 0. The summed E-state index contributed by atoms with van der Waals surface area (Å²) >= 11 is 0. The molecule has 0 fully saturated rings. The molecule has 0 aromatic heterocycles. The second-order valence-corrected chi connectivity index (χ2v) is 14.5. The summed E-state index contributed by atoms with van der Waals surface area (Å²) in [5.74, 6) is 0. The molecule has 0 amide bonds. The van der Waals surface area contributed by atoms with E-state index in [4.69, 9.17) is 0 Å². The maximum Gasteiger partial charge on any atom is 0.0540 e. The van der Waals surface area contributed by atoms with E-state index in [9.17, 15) is 0 Å². The van der Waals surface area contributed by atoms with Crippen LogP contribution in [0.4, 0.5) is 17.1 Å². The second-order valence-electron chi connectivity index (χ2n) is 14.5. The highest BCUT2D eigenvalue weighted by Gasteiger charge is 2.22. The first-order valence-corrected chi connectivity index (χ1v) is 19.6. The van der Waals surface area contributed by atoms with Crippen LogP contribution in [0.5, 0.6) is 0 Å². The smallest absolute Gasteiger partial charge is 0.0540 e. The predicted molar refractivity (Wildman–Crippen MR) is 243 cm³/mol. The first-order valence-electron chi connectivity index (χ1n) is 19.6. The fourth-order valence-electron chi connectivity index (χ4n) is 8.30. The molecule has 1 heteroatoms. The first kappa shape index (κ1) is 34.0. The van der Waals surface area contributed by atoms with Crippen LogP contribution in [0.1, 0.15) is 0 Å². The van der Waals surface area contributed by atoms with Crippen molar-refractivity contribution in [3.8, 4) is 55.6 Å². The fourth-order valence-corrected chi connectivity index (χ4v) is 8.30. The van der Waals surface area contributed by atoms with Crippen molar-refractivity contribution in [2.24, 2.45) is 0 Å². The molecule has 0 aliphatic carbocycles. The van der Waals surface area contributed by atoms with Gasteiger partial charge < -0.3 is 4.90 Å². The third kappa shape index (κ3) is 6.56. The van der Waals surface area contributed by atoms with E-state index in [0.717, 1.165) is 22.6 Å². The number of rotatable bonds is 8. The van der Waals surface area contributed by atoms with Gasteiger partial charge in [0.2, 0.25) is 0 Å². The fraction of sp³-hybridized carbons (Fsp3) is 0. The van der Waals surface area contributed by atoms with Crippen LogP contribution in [0.3, 0.4) is 0 Å². The lowest BCUT2D eigenvalue weighted by Gasteiger charge is -2.30. The summed E-state index contributed by atoms with van der Waals surface area (Å²) in [6.45, 7) is 0. The van der Waals surface area contributed by atoms with Gasteiger partial charge in [-0.25, -0.2) is 0 Å². The van der Waals surface area contributed by atoms with Crippen LogP contribution in [0.25, 0.3) is 77.2 Å². The Bertz CT molecular complexity index is 3010. The molecule has 0 unspecified atom stereocenters. The van der Waals surface area contributed by atoms with Gasteiger partial charge in [-0.05, 0) is 103 Å². The van der Waals surface area contributed by atoms with E-state index in [2.05, 4.69) is 241 Å². The lowest BCUT2D eigenvalue weighted by Crippen LogP contribution is -2.12. The zero-order valence-electron chi connectivity index (χ0n) is 31.5. The molecule has 0 atom stereocenters. The highest BCUT2D eigenvalue weighted by atomic mass is 15.1. The van der Waals surface area contributed by atoms with E-state index >= 15 is 0 Å². The van der Waals surface area contributed by atoms with Crippen LogP contribution >= 0.6 is 0 Å². The zero-order valence-corrected chi connectivity index (χ0v) is 31.5. The number of hydrogen-bond donors (Lipinski definition) is 0. The molecule has 0 aliphatic rings. The molecule has 10 aromatic rings. The van der Waals surface area contributed by atoms with Crippen molar-refractivity contribution in [2.45, 2.75) is 0 Å². The Morgan fingerprint density at radius 3 is 1.56 bits per heavy atom. The lowest BCUT2D eigenvalue weighted by molar-refractivity contribution is 1.30. The van der Waals surface area contributed by atoms with E-state index in [-0.39, 0.29) is 0 Å². The molecule has 0 bridgehead atoms. The molecule has 10 rings (SSSR count). The minimum atomic E-state index is 1.10. The number of anilines is 3. The molecular weight excluding hydrogens is 687 g/mol. The number of hydrogen-bond acceptors (Lipinski definition) is 1. The Labute approximate surface area is 334 Å². The number of fused-ring (bicyclic) bond motifs is 2. The van der Waals surface area contributed by atoms with Gasteiger partial charge in [-0.2, -0.15) is 0 Å². The number of benzene rings is 10. The maximum atomic E-state index is 2.46. The van der Waals surface area contributed by atoms with Gasteiger partial charge in [-0.1, -0.05) is 200 Å². The molecule has 0 aliphatic heterocycles. The quantitative estimate of drug-likeness (QED) is 0.151. The molecule has 0 N–H and O–H groups in total. The Morgan fingerprint density at radius 1 is 0.228 bits per heavy atom. The van der Waals surface area contributed by atoms with Gasteiger partial charge >= 0.3 is 0 Å². The van der Waals surface area contributed by atoms with Gasteiger partial charge in [0, 0.05) is 16.6 Å². The van der Waals surface area contributed by atoms with Crippen LogP contribution in [-0.2, 0) is 0 Å². The Balaban J connectivity index is 1.20. The second kappa shape index (κ2) is 15.0. The van der Waals surface area contributed by atoms with Crippen molar-refractivity contribution in [1.82, 2.24) is 0 Å². The summed E-state index contributed by atoms with van der Waals surface area (Å²) in [6.07, 6.45) is 0. The van der Waals surface area contributed by atoms with Crippen molar-refractivity contribution in [3.05, 3.63) is 237 Å². The van der Waals surface area contributed by atoms with Crippen molar-refractivity contribution in [3.63, 3.8) is 0 Å². The third-order valence-electron chi connectivity index (χ3n) is 11.1. The highest BCUT2D eigenvalue weighted by Crippen LogP contribution is 2.47. The largest absolute Gasteiger partial charge is 0.309 e. The van der Waals surface area contributed by atoms with Gasteiger partial charge in [0.15, 0.2) is 0 Å². The minimum Gasteiger partial charge on any atom is -0.309 e. The summed E-state index contributed by atoms with van der Waals surface area (Å²) in [5, 5.41) is 4.88. The molecule has 1 nitrogen and oxygen atoms in total. The Kier molecular flexibility index (Phi) is 8.95. The zero-order chi connectivity index (χ0) is 38.0. The Hall–Kier alpha value is -7.48. The minimum absolute atomic E-state index is 1.10. The van der Waals surface area contributed by atoms with E-state index in [1.165, 1.54) is 71.6 Å². The van der Waals surface area contributed by atoms with E-state index < -0.39 is 0 Å².